The van der Waals surface area contributed by atoms with Crippen LogP contribution in [0.15, 0.2) is 24.3 Å². The highest BCUT2D eigenvalue weighted by Crippen LogP contribution is 2.31. The molecule has 0 spiro atoms. The van der Waals surface area contributed by atoms with E-state index in [1.807, 2.05) is 39.8 Å². The molecule has 2 amide bonds. The number of ether oxygens (including phenoxy) is 1. The minimum absolute atomic E-state index is 0.0846. The minimum Gasteiger partial charge on any atom is -0.491 e. The number of imide groups is 1. The van der Waals surface area contributed by atoms with Crippen LogP contribution in [0.4, 0.5) is 5.69 Å². The zero-order chi connectivity index (χ0) is 14.2. The second-order valence-corrected chi connectivity index (χ2v) is 4.92. The molecule has 0 N–H and O–H groups in total. The van der Waals surface area contributed by atoms with Gasteiger partial charge in [0.1, 0.15) is 5.75 Å². The Morgan fingerprint density at radius 2 is 1.47 bits per heavy atom. The van der Waals surface area contributed by atoms with Crippen LogP contribution in [0.3, 0.4) is 0 Å². The number of anilines is 1. The Kier molecular flexibility index (Phi) is 3.42. The smallest absolute Gasteiger partial charge is 0.258 e. The van der Waals surface area contributed by atoms with Crippen molar-refractivity contribution in [2.24, 2.45) is 0 Å². The predicted octanol–water partition coefficient (Wildman–Crippen LogP) is 2.52. The van der Waals surface area contributed by atoms with Crippen molar-refractivity contribution in [3.8, 4) is 5.75 Å². The van der Waals surface area contributed by atoms with Crippen LogP contribution in [0, 0.1) is 13.8 Å². The van der Waals surface area contributed by atoms with Crippen molar-refractivity contribution in [1.82, 2.24) is 0 Å². The van der Waals surface area contributed by atoms with E-state index in [1.54, 1.807) is 0 Å². The van der Waals surface area contributed by atoms with E-state index < -0.39 is 0 Å². The van der Waals surface area contributed by atoms with Crippen LogP contribution in [-0.4, -0.2) is 17.9 Å². The van der Waals surface area contributed by atoms with Crippen molar-refractivity contribution in [2.45, 2.75) is 33.8 Å². The van der Waals surface area contributed by atoms with E-state index in [0.29, 0.717) is 5.69 Å². The van der Waals surface area contributed by atoms with E-state index in [9.17, 15) is 9.59 Å². The molecule has 4 nitrogen and oxygen atoms in total. The van der Waals surface area contributed by atoms with Gasteiger partial charge < -0.3 is 4.74 Å². The van der Waals surface area contributed by atoms with E-state index in [4.69, 9.17) is 4.74 Å². The number of benzene rings is 1. The third kappa shape index (κ3) is 2.52. The number of carbonyl (C=O) groups is 2. The molecule has 0 aromatic heterocycles. The van der Waals surface area contributed by atoms with E-state index in [-0.39, 0.29) is 17.9 Å². The van der Waals surface area contributed by atoms with Gasteiger partial charge in [0.2, 0.25) is 0 Å². The standard InChI is InChI=1S/C15H17NO3/c1-9(2)19-12-7-10(3)15(11(4)8-12)16-13(17)5-6-14(16)18/h5-9H,1-4H3. The third-order valence-electron chi connectivity index (χ3n) is 2.87. The zero-order valence-electron chi connectivity index (χ0n) is 11.6. The molecule has 2 rings (SSSR count). The van der Waals surface area contributed by atoms with Gasteiger partial charge >= 0.3 is 0 Å². The average Bonchev–Trinajstić information content (AvgIpc) is 2.59. The molecule has 1 aliphatic rings. The number of amides is 2. The van der Waals surface area contributed by atoms with Crippen LogP contribution >= 0.6 is 0 Å². The van der Waals surface area contributed by atoms with Gasteiger partial charge in [0.05, 0.1) is 11.8 Å². The highest BCUT2D eigenvalue weighted by atomic mass is 16.5. The molecule has 0 bridgehead atoms. The molecular weight excluding hydrogens is 242 g/mol. The van der Waals surface area contributed by atoms with Gasteiger partial charge in [-0.25, -0.2) is 4.90 Å². The monoisotopic (exact) mass is 259 g/mol. The molecule has 19 heavy (non-hydrogen) atoms. The van der Waals surface area contributed by atoms with Crippen LogP contribution in [0.25, 0.3) is 0 Å². The fourth-order valence-electron chi connectivity index (χ4n) is 2.23. The normalized spacial score (nSPS) is 14.7. The molecule has 1 heterocycles. The summed E-state index contributed by atoms with van der Waals surface area (Å²) in [7, 11) is 0. The van der Waals surface area contributed by atoms with Crippen LogP contribution in [-0.2, 0) is 9.59 Å². The summed E-state index contributed by atoms with van der Waals surface area (Å²) in [6.07, 6.45) is 2.67. The zero-order valence-corrected chi connectivity index (χ0v) is 11.6. The summed E-state index contributed by atoms with van der Waals surface area (Å²) in [5, 5.41) is 0. The van der Waals surface area contributed by atoms with Crippen molar-refractivity contribution in [2.75, 3.05) is 4.90 Å². The lowest BCUT2D eigenvalue weighted by molar-refractivity contribution is -0.120. The topological polar surface area (TPSA) is 46.6 Å². The third-order valence-corrected chi connectivity index (χ3v) is 2.87. The Balaban J connectivity index is 2.43. The van der Waals surface area contributed by atoms with Crippen LogP contribution < -0.4 is 9.64 Å². The largest absolute Gasteiger partial charge is 0.491 e. The first-order valence-electron chi connectivity index (χ1n) is 6.24. The summed E-state index contributed by atoms with van der Waals surface area (Å²) in [5.74, 6) is 0.156. The van der Waals surface area contributed by atoms with Crippen molar-refractivity contribution < 1.29 is 14.3 Å². The van der Waals surface area contributed by atoms with Crippen molar-refractivity contribution in [3.05, 3.63) is 35.4 Å². The Morgan fingerprint density at radius 1 is 1.00 bits per heavy atom. The van der Waals surface area contributed by atoms with Gasteiger partial charge in [-0.2, -0.15) is 0 Å². The molecule has 1 aromatic carbocycles. The predicted molar refractivity (Wildman–Crippen MR) is 73.3 cm³/mol. The van der Waals surface area contributed by atoms with Gasteiger partial charge in [0.25, 0.3) is 11.8 Å². The van der Waals surface area contributed by atoms with Crippen LogP contribution in [0.2, 0.25) is 0 Å². The fourth-order valence-corrected chi connectivity index (χ4v) is 2.23. The molecule has 1 aliphatic heterocycles. The van der Waals surface area contributed by atoms with E-state index in [0.717, 1.165) is 16.9 Å². The maximum atomic E-state index is 11.7. The van der Waals surface area contributed by atoms with E-state index >= 15 is 0 Å². The van der Waals surface area contributed by atoms with Gasteiger partial charge in [-0.05, 0) is 51.0 Å². The molecule has 1 aromatic rings. The summed E-state index contributed by atoms with van der Waals surface area (Å²) < 4.78 is 5.64. The summed E-state index contributed by atoms with van der Waals surface area (Å²) in [6, 6.07) is 3.70. The number of hydrogen-bond donors (Lipinski definition) is 0. The molecule has 0 radical (unpaired) electrons. The van der Waals surface area contributed by atoms with Crippen molar-refractivity contribution >= 4 is 17.5 Å². The number of nitrogens with zero attached hydrogens (tertiary/aromatic N) is 1. The van der Waals surface area contributed by atoms with Gasteiger partial charge in [-0.15, -0.1) is 0 Å². The molecule has 4 heteroatoms. The van der Waals surface area contributed by atoms with Gasteiger partial charge in [0.15, 0.2) is 0 Å². The summed E-state index contributed by atoms with van der Waals surface area (Å²) >= 11 is 0. The first-order chi connectivity index (χ1) is 8.90. The lowest BCUT2D eigenvalue weighted by Crippen LogP contribution is -2.31. The Labute approximate surface area is 112 Å². The second-order valence-electron chi connectivity index (χ2n) is 4.92. The molecule has 0 saturated heterocycles. The molecule has 0 atom stereocenters. The van der Waals surface area contributed by atoms with Crippen molar-refractivity contribution in [3.63, 3.8) is 0 Å². The van der Waals surface area contributed by atoms with Crippen LogP contribution in [0.5, 0.6) is 5.75 Å². The Morgan fingerprint density at radius 3 is 1.89 bits per heavy atom. The summed E-state index contributed by atoms with van der Waals surface area (Å²) in [6.45, 7) is 7.65. The first kappa shape index (κ1) is 13.3. The Bertz CT molecular complexity index is 532. The maximum Gasteiger partial charge on any atom is 0.258 e. The number of rotatable bonds is 3. The molecular formula is C15H17NO3. The van der Waals surface area contributed by atoms with Crippen LogP contribution in [0.1, 0.15) is 25.0 Å². The lowest BCUT2D eigenvalue weighted by Gasteiger charge is -2.21. The number of carbonyl (C=O) groups excluding carboxylic acids is 2. The molecule has 0 fully saturated rings. The second kappa shape index (κ2) is 4.88. The van der Waals surface area contributed by atoms with Gasteiger partial charge in [-0.1, -0.05) is 0 Å². The minimum atomic E-state index is -0.297. The number of hydrogen-bond acceptors (Lipinski definition) is 3. The fraction of sp³-hybridized carbons (Fsp3) is 0.333. The van der Waals surface area contributed by atoms with Gasteiger partial charge in [0, 0.05) is 12.2 Å². The maximum absolute atomic E-state index is 11.7. The first-order valence-corrected chi connectivity index (χ1v) is 6.24. The lowest BCUT2D eigenvalue weighted by atomic mass is 10.1. The Hall–Kier alpha value is -2.10. The molecule has 0 saturated carbocycles. The molecule has 0 unspecified atom stereocenters. The summed E-state index contributed by atoms with van der Waals surface area (Å²) in [4.78, 5) is 24.7. The SMILES string of the molecule is Cc1cc(OC(C)C)cc(C)c1N1C(=O)C=CC1=O. The van der Waals surface area contributed by atoms with E-state index in [1.165, 1.54) is 17.1 Å². The quantitative estimate of drug-likeness (QED) is 0.784. The summed E-state index contributed by atoms with van der Waals surface area (Å²) in [5.41, 5.74) is 2.35. The molecule has 100 valence electrons. The average molecular weight is 259 g/mol. The van der Waals surface area contributed by atoms with Crippen molar-refractivity contribution in [1.29, 1.82) is 0 Å². The van der Waals surface area contributed by atoms with E-state index in [2.05, 4.69) is 0 Å². The molecule has 0 aliphatic carbocycles. The highest BCUT2D eigenvalue weighted by Gasteiger charge is 2.28. The highest BCUT2D eigenvalue weighted by molar-refractivity contribution is 6.28. The van der Waals surface area contributed by atoms with Gasteiger partial charge in [-0.3, -0.25) is 9.59 Å². The number of aryl methyl sites for hydroxylation is 2.